The third-order valence-electron chi connectivity index (χ3n) is 4.94. The summed E-state index contributed by atoms with van der Waals surface area (Å²) >= 11 is 1.06. The number of aromatic nitrogens is 4. The maximum absolute atomic E-state index is 12.9. The van der Waals surface area contributed by atoms with Gasteiger partial charge in [-0.2, -0.15) is 22.6 Å². The standard InChI is InChI=1S/C20H14F3N5OS/c21-20(22,23)15-8-13(5-6-24-15)26-19(29)18-16(10-1-2-10)17(28-30-18)11-3-4-14-12(7-11)9-25-27-14/h3-10H,1-2H2,(H,25,27)(H,24,26,29). The van der Waals surface area contributed by atoms with Crippen LogP contribution < -0.4 is 5.32 Å². The number of nitrogens with one attached hydrogen (secondary N) is 2. The minimum atomic E-state index is -4.58. The molecule has 0 atom stereocenters. The van der Waals surface area contributed by atoms with Gasteiger partial charge in [0.15, 0.2) is 0 Å². The number of rotatable bonds is 4. The second-order valence-electron chi connectivity index (χ2n) is 7.10. The van der Waals surface area contributed by atoms with Gasteiger partial charge < -0.3 is 5.32 Å². The number of benzene rings is 1. The highest BCUT2D eigenvalue weighted by atomic mass is 32.1. The van der Waals surface area contributed by atoms with Crippen LogP contribution in [0, 0.1) is 0 Å². The third-order valence-corrected chi connectivity index (χ3v) is 5.80. The highest BCUT2D eigenvalue weighted by Crippen LogP contribution is 2.47. The van der Waals surface area contributed by atoms with Crippen molar-refractivity contribution in [1.29, 1.82) is 0 Å². The van der Waals surface area contributed by atoms with Gasteiger partial charge in [-0.05, 0) is 54.6 Å². The van der Waals surface area contributed by atoms with Crippen molar-refractivity contribution in [3.63, 3.8) is 0 Å². The Bertz CT molecular complexity index is 1260. The first-order valence-electron chi connectivity index (χ1n) is 9.18. The Labute approximate surface area is 172 Å². The van der Waals surface area contributed by atoms with E-state index in [9.17, 15) is 18.0 Å². The Kier molecular flexibility index (Phi) is 4.31. The molecule has 0 radical (unpaired) electrons. The van der Waals surface area contributed by atoms with Crippen LogP contribution in [0.15, 0.2) is 42.7 Å². The molecule has 1 aromatic carbocycles. The van der Waals surface area contributed by atoms with Gasteiger partial charge in [0.05, 0.1) is 17.4 Å². The van der Waals surface area contributed by atoms with Gasteiger partial charge in [-0.15, -0.1) is 0 Å². The van der Waals surface area contributed by atoms with Crippen LogP contribution in [0.4, 0.5) is 18.9 Å². The van der Waals surface area contributed by atoms with Gasteiger partial charge in [-0.1, -0.05) is 6.07 Å². The zero-order valence-corrected chi connectivity index (χ0v) is 16.1. The molecule has 5 rings (SSSR count). The van der Waals surface area contributed by atoms with E-state index in [4.69, 9.17) is 0 Å². The first kappa shape index (κ1) is 18.7. The summed E-state index contributed by atoms with van der Waals surface area (Å²) in [4.78, 5) is 16.6. The summed E-state index contributed by atoms with van der Waals surface area (Å²) in [5.74, 6) is -0.243. The van der Waals surface area contributed by atoms with Crippen LogP contribution in [0.25, 0.3) is 22.2 Å². The first-order chi connectivity index (χ1) is 14.4. The van der Waals surface area contributed by atoms with Crippen molar-refractivity contribution < 1.29 is 18.0 Å². The van der Waals surface area contributed by atoms with Crippen LogP contribution in [-0.4, -0.2) is 25.5 Å². The summed E-state index contributed by atoms with van der Waals surface area (Å²) < 4.78 is 43.2. The number of anilines is 1. The van der Waals surface area contributed by atoms with Gasteiger partial charge >= 0.3 is 6.18 Å². The third kappa shape index (κ3) is 3.43. The molecule has 1 amide bonds. The normalized spacial score (nSPS) is 14.2. The minimum Gasteiger partial charge on any atom is -0.321 e. The molecular formula is C20H14F3N5OS. The lowest BCUT2D eigenvalue weighted by Crippen LogP contribution is -2.14. The number of amides is 1. The van der Waals surface area contributed by atoms with Crippen molar-refractivity contribution in [2.75, 3.05) is 5.32 Å². The monoisotopic (exact) mass is 429 g/mol. The first-order valence-corrected chi connectivity index (χ1v) is 9.95. The number of nitrogens with zero attached hydrogens (tertiary/aromatic N) is 3. The van der Waals surface area contributed by atoms with Crippen molar-refractivity contribution in [3.8, 4) is 11.3 Å². The van der Waals surface area contributed by atoms with Gasteiger partial charge in [0, 0.05) is 28.4 Å². The van der Waals surface area contributed by atoms with E-state index in [2.05, 4.69) is 24.9 Å². The topological polar surface area (TPSA) is 83.6 Å². The Hall–Kier alpha value is -3.27. The number of hydrogen-bond donors (Lipinski definition) is 2. The number of hydrogen-bond acceptors (Lipinski definition) is 5. The van der Waals surface area contributed by atoms with Crippen LogP contribution in [-0.2, 0) is 6.18 Å². The zero-order valence-electron chi connectivity index (χ0n) is 15.3. The molecule has 3 aromatic heterocycles. The van der Waals surface area contributed by atoms with Gasteiger partial charge in [0.1, 0.15) is 10.6 Å². The molecule has 0 spiro atoms. The summed E-state index contributed by atoms with van der Waals surface area (Å²) in [5.41, 5.74) is 2.36. The van der Waals surface area contributed by atoms with Crippen LogP contribution in [0.1, 0.15) is 39.7 Å². The fourth-order valence-corrected chi connectivity index (χ4v) is 4.24. The Morgan fingerprint density at radius 2 is 2.03 bits per heavy atom. The summed E-state index contributed by atoms with van der Waals surface area (Å²) in [7, 11) is 0. The lowest BCUT2D eigenvalue weighted by atomic mass is 10.0. The van der Waals surface area contributed by atoms with E-state index in [1.54, 1.807) is 6.20 Å². The van der Waals surface area contributed by atoms with Crippen molar-refractivity contribution in [1.82, 2.24) is 19.6 Å². The number of aromatic amines is 1. The quantitative estimate of drug-likeness (QED) is 0.465. The average Bonchev–Trinajstić information content (AvgIpc) is 3.27. The summed E-state index contributed by atoms with van der Waals surface area (Å²) in [6.45, 7) is 0. The van der Waals surface area contributed by atoms with Crippen LogP contribution >= 0.6 is 11.5 Å². The maximum Gasteiger partial charge on any atom is 0.433 e. The Balaban J connectivity index is 1.48. The van der Waals surface area contributed by atoms with Gasteiger partial charge in [-0.25, -0.2) is 0 Å². The average molecular weight is 429 g/mol. The highest BCUT2D eigenvalue weighted by Gasteiger charge is 2.35. The molecule has 0 aliphatic heterocycles. The number of H-pyrrole nitrogens is 1. The molecule has 1 fully saturated rings. The predicted octanol–water partition coefficient (Wildman–Crippen LogP) is 5.23. The number of pyridine rings is 1. The summed E-state index contributed by atoms with van der Waals surface area (Å²) in [5, 5.41) is 10.4. The predicted molar refractivity (Wildman–Crippen MR) is 106 cm³/mol. The van der Waals surface area contributed by atoms with E-state index in [0.717, 1.165) is 64.4 Å². The molecule has 1 aliphatic rings. The lowest BCUT2D eigenvalue weighted by Gasteiger charge is -2.09. The molecular weight excluding hydrogens is 415 g/mol. The molecule has 0 saturated heterocycles. The van der Waals surface area contributed by atoms with Crippen molar-refractivity contribution in [3.05, 3.63) is 58.9 Å². The number of carbonyl (C=O) groups is 1. The SMILES string of the molecule is O=C(Nc1ccnc(C(F)(F)F)c1)c1snc(-c2ccc3[nH]ncc3c2)c1C1CC1. The Morgan fingerprint density at radius 1 is 1.20 bits per heavy atom. The largest absolute Gasteiger partial charge is 0.433 e. The van der Waals surface area contributed by atoms with E-state index in [-0.39, 0.29) is 11.6 Å². The molecule has 0 unspecified atom stereocenters. The molecule has 10 heteroatoms. The van der Waals surface area contributed by atoms with Crippen molar-refractivity contribution in [2.24, 2.45) is 0 Å². The van der Waals surface area contributed by atoms with E-state index in [1.807, 2.05) is 18.2 Å². The fourth-order valence-electron chi connectivity index (χ4n) is 3.36. The Morgan fingerprint density at radius 3 is 2.80 bits per heavy atom. The van der Waals surface area contributed by atoms with Gasteiger partial charge in [-0.3, -0.25) is 14.9 Å². The van der Waals surface area contributed by atoms with Gasteiger partial charge in [0.25, 0.3) is 5.91 Å². The fraction of sp³-hybridized carbons (Fsp3) is 0.200. The second kappa shape index (κ2) is 6.91. The molecule has 0 bridgehead atoms. The maximum atomic E-state index is 12.9. The number of fused-ring (bicyclic) bond motifs is 1. The number of carbonyl (C=O) groups excluding carboxylic acids is 1. The molecule has 1 aliphatic carbocycles. The van der Waals surface area contributed by atoms with E-state index < -0.39 is 17.8 Å². The zero-order chi connectivity index (χ0) is 20.9. The second-order valence-corrected chi connectivity index (χ2v) is 7.88. The summed E-state index contributed by atoms with van der Waals surface area (Å²) in [6.07, 6.45) is 0.0688. The molecule has 6 nitrogen and oxygen atoms in total. The molecule has 3 heterocycles. The number of halogens is 3. The lowest BCUT2D eigenvalue weighted by molar-refractivity contribution is -0.141. The van der Waals surface area contributed by atoms with Crippen molar-refractivity contribution in [2.45, 2.75) is 24.9 Å². The minimum absolute atomic E-state index is 0.0406. The van der Waals surface area contributed by atoms with Crippen LogP contribution in [0.5, 0.6) is 0 Å². The summed E-state index contributed by atoms with van der Waals surface area (Å²) in [6, 6.07) is 7.94. The van der Waals surface area contributed by atoms with E-state index in [1.165, 1.54) is 6.07 Å². The van der Waals surface area contributed by atoms with E-state index in [0.29, 0.717) is 4.88 Å². The van der Waals surface area contributed by atoms with Crippen molar-refractivity contribution >= 4 is 34.0 Å². The molecule has 152 valence electrons. The van der Waals surface area contributed by atoms with Crippen LogP contribution in [0.3, 0.4) is 0 Å². The smallest absolute Gasteiger partial charge is 0.321 e. The number of alkyl halides is 3. The molecule has 30 heavy (non-hydrogen) atoms. The van der Waals surface area contributed by atoms with Crippen LogP contribution in [0.2, 0.25) is 0 Å². The van der Waals surface area contributed by atoms with E-state index >= 15 is 0 Å². The van der Waals surface area contributed by atoms with Gasteiger partial charge in [0.2, 0.25) is 0 Å². The molecule has 1 saturated carbocycles. The molecule has 2 N–H and O–H groups in total. The highest BCUT2D eigenvalue weighted by molar-refractivity contribution is 7.08. The molecule has 4 aromatic rings.